The summed E-state index contributed by atoms with van der Waals surface area (Å²) in [7, 11) is 0. The van der Waals surface area contributed by atoms with Gasteiger partial charge in [0.15, 0.2) is 0 Å². The van der Waals surface area contributed by atoms with E-state index in [1.165, 1.54) is 105 Å². The van der Waals surface area contributed by atoms with Crippen LogP contribution in [-0.2, 0) is 10.8 Å². The summed E-state index contributed by atoms with van der Waals surface area (Å²) >= 11 is 0. The minimum atomic E-state index is -0.357. The van der Waals surface area contributed by atoms with Gasteiger partial charge in [0.2, 0.25) is 0 Å². The van der Waals surface area contributed by atoms with Crippen LogP contribution in [0, 0.1) is 0 Å². The average molecular weight is 674 g/mol. The Morgan fingerprint density at radius 2 is 0.906 bits per heavy atom. The molecule has 9 aromatic rings. The molecule has 12 rings (SSSR count). The molecule has 1 heteroatoms. The molecule has 0 unspecified atom stereocenters. The van der Waals surface area contributed by atoms with E-state index in [1.54, 1.807) is 0 Å². The highest BCUT2D eigenvalue weighted by molar-refractivity contribution is 6.14. The lowest BCUT2D eigenvalue weighted by Gasteiger charge is -2.30. The van der Waals surface area contributed by atoms with Crippen LogP contribution < -0.4 is 0 Å². The minimum absolute atomic E-state index is 0.0995. The average Bonchev–Trinajstić information content (AvgIpc) is 3.88. The lowest BCUT2D eigenvalue weighted by Crippen LogP contribution is -2.25. The van der Waals surface area contributed by atoms with E-state index in [4.69, 9.17) is 0 Å². The van der Waals surface area contributed by atoms with Gasteiger partial charge in [-0.1, -0.05) is 159 Å². The van der Waals surface area contributed by atoms with Crippen molar-refractivity contribution in [3.63, 3.8) is 0 Å². The number of aromatic nitrogens is 1. The largest absolute Gasteiger partial charge is 0.309 e. The molecule has 0 bridgehead atoms. The molecule has 0 aliphatic heterocycles. The zero-order valence-corrected chi connectivity index (χ0v) is 29.7. The van der Waals surface area contributed by atoms with Crippen molar-refractivity contribution in [3.8, 4) is 50.2 Å². The standard InChI is InChI=1S/C52H35N/c1-51(2)42-21-8-3-19-38(42)40-28-29-48-49(50(40)51)41-20-7-12-25-47(41)53(48)34-15-13-14-32(30-34)33-26-27-39-37-18-6-11-24-45(37)52(46(39)31-33)43-22-9-4-16-35(43)36-17-5-10-23-44(36)52/h3-31H,1-2H3. The van der Waals surface area contributed by atoms with E-state index in [2.05, 4.69) is 194 Å². The number of hydrogen-bond acceptors (Lipinski definition) is 0. The van der Waals surface area contributed by atoms with Crippen LogP contribution in [0.1, 0.15) is 47.2 Å². The molecule has 0 N–H and O–H groups in total. The Balaban J connectivity index is 1.08. The smallest absolute Gasteiger partial charge is 0.0725 e. The van der Waals surface area contributed by atoms with E-state index in [-0.39, 0.29) is 10.8 Å². The topological polar surface area (TPSA) is 4.93 Å². The van der Waals surface area contributed by atoms with Crippen molar-refractivity contribution in [2.24, 2.45) is 0 Å². The van der Waals surface area contributed by atoms with E-state index in [1.807, 2.05) is 0 Å². The Hall–Kier alpha value is -6.44. The molecule has 0 saturated carbocycles. The van der Waals surface area contributed by atoms with Crippen molar-refractivity contribution in [2.75, 3.05) is 0 Å². The van der Waals surface area contributed by atoms with Crippen LogP contribution in [0.5, 0.6) is 0 Å². The van der Waals surface area contributed by atoms with Crippen molar-refractivity contribution in [3.05, 3.63) is 209 Å². The van der Waals surface area contributed by atoms with Gasteiger partial charge in [-0.15, -0.1) is 0 Å². The summed E-state index contributed by atoms with van der Waals surface area (Å²) < 4.78 is 2.49. The zero-order valence-electron chi connectivity index (χ0n) is 29.7. The highest BCUT2D eigenvalue weighted by atomic mass is 15.0. The summed E-state index contributed by atoms with van der Waals surface area (Å²) in [5.74, 6) is 0. The van der Waals surface area contributed by atoms with Gasteiger partial charge in [-0.3, -0.25) is 0 Å². The fraction of sp³-hybridized carbons (Fsp3) is 0.0769. The summed E-state index contributed by atoms with van der Waals surface area (Å²) in [6.45, 7) is 4.79. The zero-order chi connectivity index (χ0) is 35.1. The molecule has 1 aromatic heterocycles. The molecule has 1 spiro atoms. The normalized spacial score (nSPS) is 14.9. The van der Waals surface area contributed by atoms with Gasteiger partial charge < -0.3 is 4.57 Å². The summed E-state index contributed by atoms with van der Waals surface area (Å²) in [5, 5.41) is 2.67. The van der Waals surface area contributed by atoms with Crippen LogP contribution in [0.3, 0.4) is 0 Å². The molecule has 8 aromatic carbocycles. The molecule has 248 valence electrons. The first-order chi connectivity index (χ1) is 26.1. The van der Waals surface area contributed by atoms with Crippen LogP contribution >= 0.6 is 0 Å². The van der Waals surface area contributed by atoms with E-state index >= 15 is 0 Å². The maximum atomic E-state index is 2.49. The molecule has 0 radical (unpaired) electrons. The van der Waals surface area contributed by atoms with Crippen LogP contribution in [0.2, 0.25) is 0 Å². The maximum absolute atomic E-state index is 2.49. The summed E-state index contributed by atoms with van der Waals surface area (Å²) in [4.78, 5) is 0. The number of nitrogens with zero attached hydrogens (tertiary/aromatic N) is 1. The highest BCUT2D eigenvalue weighted by Gasteiger charge is 2.51. The quantitative estimate of drug-likeness (QED) is 0.172. The molecular weight excluding hydrogens is 639 g/mol. The molecule has 1 heterocycles. The molecule has 1 nitrogen and oxygen atoms in total. The van der Waals surface area contributed by atoms with E-state index in [0.29, 0.717) is 0 Å². The first-order valence-corrected chi connectivity index (χ1v) is 18.8. The fourth-order valence-corrected chi connectivity index (χ4v) is 10.7. The van der Waals surface area contributed by atoms with Crippen molar-refractivity contribution < 1.29 is 0 Å². The van der Waals surface area contributed by atoms with Gasteiger partial charge in [0.25, 0.3) is 0 Å². The Kier molecular flexibility index (Phi) is 5.57. The number of hydrogen-bond donors (Lipinski definition) is 0. The van der Waals surface area contributed by atoms with Gasteiger partial charge in [-0.25, -0.2) is 0 Å². The number of fused-ring (bicyclic) bond motifs is 17. The second-order valence-corrected chi connectivity index (χ2v) is 15.6. The molecule has 53 heavy (non-hydrogen) atoms. The fourth-order valence-electron chi connectivity index (χ4n) is 10.7. The van der Waals surface area contributed by atoms with Crippen LogP contribution in [0.15, 0.2) is 176 Å². The maximum Gasteiger partial charge on any atom is 0.0725 e. The van der Waals surface area contributed by atoms with Crippen molar-refractivity contribution in [2.45, 2.75) is 24.7 Å². The van der Waals surface area contributed by atoms with Crippen LogP contribution in [-0.4, -0.2) is 4.57 Å². The molecule has 0 saturated heterocycles. The molecular formula is C52H35N. The van der Waals surface area contributed by atoms with Gasteiger partial charge in [0.1, 0.15) is 0 Å². The Labute approximate surface area is 309 Å². The van der Waals surface area contributed by atoms with E-state index in [0.717, 1.165) is 0 Å². The van der Waals surface area contributed by atoms with Crippen molar-refractivity contribution in [1.82, 2.24) is 4.57 Å². The summed E-state index contributed by atoms with van der Waals surface area (Å²) in [5.41, 5.74) is 22.1. The second-order valence-electron chi connectivity index (χ2n) is 15.6. The predicted octanol–water partition coefficient (Wildman–Crippen LogP) is 13.1. The van der Waals surface area contributed by atoms with Crippen molar-refractivity contribution in [1.29, 1.82) is 0 Å². The summed E-state index contributed by atoms with van der Waals surface area (Å²) in [6, 6.07) is 66.2. The number of rotatable bonds is 2. The van der Waals surface area contributed by atoms with E-state index in [9.17, 15) is 0 Å². The Morgan fingerprint density at radius 3 is 1.58 bits per heavy atom. The van der Waals surface area contributed by atoms with Gasteiger partial charge in [0, 0.05) is 21.9 Å². The first kappa shape index (κ1) is 29.2. The number of benzene rings is 8. The van der Waals surface area contributed by atoms with Crippen LogP contribution in [0.4, 0.5) is 0 Å². The molecule has 3 aliphatic carbocycles. The second kappa shape index (κ2) is 10.1. The first-order valence-electron chi connectivity index (χ1n) is 18.8. The third-order valence-electron chi connectivity index (χ3n) is 12.8. The van der Waals surface area contributed by atoms with Gasteiger partial charge in [-0.2, -0.15) is 0 Å². The highest BCUT2D eigenvalue weighted by Crippen LogP contribution is 2.63. The molecule has 3 aliphatic rings. The molecule has 0 atom stereocenters. The lowest BCUT2D eigenvalue weighted by atomic mass is 9.70. The predicted molar refractivity (Wildman–Crippen MR) is 220 cm³/mol. The SMILES string of the molecule is CC1(C)c2ccccc2-c2ccc3c(c21)c1ccccc1n3-c1cccc(-c2ccc3c(c2)C2(c4ccccc4-c4ccccc42)c2ccccc2-3)c1. The molecule has 0 fully saturated rings. The monoisotopic (exact) mass is 673 g/mol. The Bertz CT molecular complexity index is 2980. The van der Waals surface area contributed by atoms with Crippen molar-refractivity contribution >= 4 is 21.8 Å². The number of para-hydroxylation sites is 1. The van der Waals surface area contributed by atoms with E-state index < -0.39 is 0 Å². The third kappa shape index (κ3) is 3.53. The summed E-state index contributed by atoms with van der Waals surface area (Å²) in [6.07, 6.45) is 0. The van der Waals surface area contributed by atoms with Gasteiger partial charge >= 0.3 is 0 Å². The van der Waals surface area contributed by atoms with Gasteiger partial charge in [0.05, 0.1) is 16.4 Å². The lowest BCUT2D eigenvalue weighted by molar-refractivity contribution is 0.666. The van der Waals surface area contributed by atoms with Crippen LogP contribution in [0.25, 0.3) is 72.0 Å². The third-order valence-corrected chi connectivity index (χ3v) is 12.8. The Morgan fingerprint density at radius 1 is 0.377 bits per heavy atom. The van der Waals surface area contributed by atoms with Gasteiger partial charge in [-0.05, 0) is 108 Å². The minimum Gasteiger partial charge on any atom is -0.309 e. The molecule has 0 amide bonds.